The van der Waals surface area contributed by atoms with E-state index in [0.717, 1.165) is 29.6 Å². The van der Waals surface area contributed by atoms with Crippen LogP contribution in [0.3, 0.4) is 0 Å². The van der Waals surface area contributed by atoms with Crippen LogP contribution in [0.2, 0.25) is 10.0 Å². The summed E-state index contributed by atoms with van der Waals surface area (Å²) < 4.78 is 2.08. The van der Waals surface area contributed by atoms with Crippen LogP contribution in [-0.4, -0.2) is 9.55 Å². The highest BCUT2D eigenvalue weighted by atomic mass is 35.5. The minimum atomic E-state index is -0.197. The zero-order valence-corrected chi connectivity index (χ0v) is 13.6. The van der Waals surface area contributed by atoms with E-state index in [0.29, 0.717) is 21.3 Å². The highest BCUT2D eigenvalue weighted by Gasteiger charge is 2.20. The number of fused-ring (bicyclic) bond motifs is 3. The molecule has 1 aromatic heterocycles. The van der Waals surface area contributed by atoms with E-state index in [4.69, 9.17) is 23.2 Å². The highest BCUT2D eigenvalue weighted by Crippen LogP contribution is 2.33. The first-order valence-corrected chi connectivity index (χ1v) is 8.05. The third kappa shape index (κ3) is 2.37. The van der Waals surface area contributed by atoms with Crippen LogP contribution < -0.4 is 5.56 Å². The SMILES string of the molecule is O=c1nc2n(c3ccccc13)CCC2=Cc1cccc(Cl)c1Cl. The second-order valence-corrected chi connectivity index (χ2v) is 6.26. The van der Waals surface area contributed by atoms with Gasteiger partial charge in [-0.15, -0.1) is 0 Å². The molecule has 0 N–H and O–H groups in total. The molecule has 1 aliphatic rings. The van der Waals surface area contributed by atoms with E-state index in [1.54, 1.807) is 6.07 Å². The molecular formula is C18H12Cl2N2O. The topological polar surface area (TPSA) is 34.9 Å². The van der Waals surface area contributed by atoms with Crippen molar-refractivity contribution in [2.75, 3.05) is 0 Å². The van der Waals surface area contributed by atoms with Crippen molar-refractivity contribution in [1.29, 1.82) is 0 Å². The van der Waals surface area contributed by atoms with Gasteiger partial charge in [0.1, 0.15) is 5.82 Å². The van der Waals surface area contributed by atoms with Crippen LogP contribution >= 0.6 is 23.2 Å². The number of hydrogen-bond donors (Lipinski definition) is 0. The minimum absolute atomic E-state index is 0.197. The Morgan fingerprint density at radius 1 is 1.09 bits per heavy atom. The number of benzene rings is 2. The lowest BCUT2D eigenvalue weighted by molar-refractivity contribution is 0.772. The summed E-state index contributed by atoms with van der Waals surface area (Å²) in [6.45, 7) is 0.799. The number of nitrogens with zero attached hydrogens (tertiary/aromatic N) is 2. The van der Waals surface area contributed by atoms with Crippen molar-refractivity contribution < 1.29 is 0 Å². The Morgan fingerprint density at radius 2 is 1.91 bits per heavy atom. The Morgan fingerprint density at radius 3 is 2.78 bits per heavy atom. The standard InChI is InChI=1S/C18H12Cl2N2O/c19-14-6-3-4-11(16(14)20)10-12-8-9-22-15-7-2-1-5-13(15)18(23)21-17(12)22/h1-7,10H,8-9H2. The van der Waals surface area contributed by atoms with Gasteiger partial charge in [0, 0.05) is 6.54 Å². The Labute approximate surface area is 142 Å². The van der Waals surface area contributed by atoms with E-state index >= 15 is 0 Å². The van der Waals surface area contributed by atoms with Crippen LogP contribution in [-0.2, 0) is 6.54 Å². The van der Waals surface area contributed by atoms with Gasteiger partial charge < -0.3 is 4.57 Å². The summed E-state index contributed by atoms with van der Waals surface area (Å²) in [5.41, 5.74) is 2.56. The number of hydrogen-bond acceptors (Lipinski definition) is 2. The van der Waals surface area contributed by atoms with Crippen LogP contribution in [0, 0.1) is 0 Å². The molecule has 0 atom stereocenters. The van der Waals surface area contributed by atoms with Gasteiger partial charge in [0.2, 0.25) is 0 Å². The van der Waals surface area contributed by atoms with Gasteiger partial charge in [0.25, 0.3) is 5.56 Å². The molecule has 0 saturated carbocycles. The molecule has 0 radical (unpaired) electrons. The first kappa shape index (κ1) is 14.5. The van der Waals surface area contributed by atoms with Crippen molar-refractivity contribution in [3.63, 3.8) is 0 Å². The Kier molecular flexibility index (Phi) is 3.47. The fourth-order valence-electron chi connectivity index (χ4n) is 2.99. The first-order valence-electron chi connectivity index (χ1n) is 7.30. The molecule has 0 unspecified atom stereocenters. The zero-order chi connectivity index (χ0) is 16.0. The van der Waals surface area contributed by atoms with E-state index < -0.39 is 0 Å². The summed E-state index contributed by atoms with van der Waals surface area (Å²) in [6, 6.07) is 13.1. The van der Waals surface area contributed by atoms with Crippen molar-refractivity contribution >= 4 is 45.8 Å². The van der Waals surface area contributed by atoms with E-state index in [1.807, 2.05) is 42.5 Å². The maximum atomic E-state index is 12.3. The van der Waals surface area contributed by atoms with Gasteiger partial charge in [-0.1, -0.05) is 47.5 Å². The monoisotopic (exact) mass is 342 g/mol. The third-order valence-electron chi connectivity index (χ3n) is 4.09. The summed E-state index contributed by atoms with van der Waals surface area (Å²) in [5.74, 6) is 0.713. The van der Waals surface area contributed by atoms with Gasteiger partial charge in [-0.3, -0.25) is 4.79 Å². The van der Waals surface area contributed by atoms with Gasteiger partial charge in [0.05, 0.1) is 20.9 Å². The smallest absolute Gasteiger partial charge is 0.281 e. The van der Waals surface area contributed by atoms with Crippen molar-refractivity contribution in [1.82, 2.24) is 9.55 Å². The number of aromatic nitrogens is 2. The summed E-state index contributed by atoms with van der Waals surface area (Å²) in [7, 11) is 0. The van der Waals surface area contributed by atoms with Gasteiger partial charge >= 0.3 is 0 Å². The fraction of sp³-hybridized carbons (Fsp3) is 0.111. The van der Waals surface area contributed by atoms with Gasteiger partial charge in [0.15, 0.2) is 0 Å². The second-order valence-electron chi connectivity index (χ2n) is 5.47. The van der Waals surface area contributed by atoms with Crippen molar-refractivity contribution in [3.05, 3.63) is 74.3 Å². The Hall–Kier alpha value is -2.10. The molecule has 4 rings (SSSR count). The van der Waals surface area contributed by atoms with Crippen LogP contribution in [0.15, 0.2) is 47.3 Å². The van der Waals surface area contributed by atoms with Gasteiger partial charge in [-0.05, 0) is 41.8 Å². The minimum Gasteiger partial charge on any atom is -0.325 e. The summed E-state index contributed by atoms with van der Waals surface area (Å²) in [4.78, 5) is 16.5. The van der Waals surface area contributed by atoms with Crippen LogP contribution in [0.5, 0.6) is 0 Å². The largest absolute Gasteiger partial charge is 0.325 e. The molecule has 0 fully saturated rings. The molecule has 0 aliphatic carbocycles. The third-order valence-corrected chi connectivity index (χ3v) is 4.93. The van der Waals surface area contributed by atoms with Gasteiger partial charge in [-0.2, -0.15) is 4.98 Å². The first-order chi connectivity index (χ1) is 11.1. The maximum Gasteiger partial charge on any atom is 0.281 e. The van der Waals surface area contributed by atoms with Crippen LogP contribution in [0.25, 0.3) is 22.6 Å². The van der Waals surface area contributed by atoms with E-state index in [9.17, 15) is 4.79 Å². The van der Waals surface area contributed by atoms with Crippen molar-refractivity contribution in [2.24, 2.45) is 0 Å². The lowest BCUT2D eigenvalue weighted by Crippen LogP contribution is -2.14. The predicted molar refractivity (Wildman–Crippen MR) is 95.0 cm³/mol. The number of allylic oxidation sites excluding steroid dienone is 1. The number of halogens is 2. The molecule has 5 heteroatoms. The molecule has 1 aliphatic heterocycles. The number of para-hydroxylation sites is 1. The second kappa shape index (κ2) is 5.52. The molecule has 23 heavy (non-hydrogen) atoms. The normalized spacial score (nSPS) is 15.3. The quantitative estimate of drug-likeness (QED) is 0.645. The molecule has 3 nitrogen and oxygen atoms in total. The van der Waals surface area contributed by atoms with E-state index in [1.165, 1.54) is 0 Å². The molecule has 2 aromatic carbocycles. The number of rotatable bonds is 1. The molecule has 114 valence electrons. The zero-order valence-electron chi connectivity index (χ0n) is 12.1. The molecule has 0 bridgehead atoms. The average molecular weight is 343 g/mol. The van der Waals surface area contributed by atoms with Crippen molar-refractivity contribution in [2.45, 2.75) is 13.0 Å². The molecule has 3 aromatic rings. The average Bonchev–Trinajstić information content (AvgIpc) is 2.95. The Balaban J connectivity index is 1.93. The fourth-order valence-corrected chi connectivity index (χ4v) is 3.36. The summed E-state index contributed by atoms with van der Waals surface area (Å²) in [5, 5.41) is 1.68. The number of aryl methyl sites for hydroxylation is 1. The van der Waals surface area contributed by atoms with E-state index in [2.05, 4.69) is 9.55 Å². The van der Waals surface area contributed by atoms with Crippen molar-refractivity contribution in [3.8, 4) is 0 Å². The lowest BCUT2D eigenvalue weighted by atomic mass is 10.1. The molecular weight excluding hydrogens is 331 g/mol. The highest BCUT2D eigenvalue weighted by molar-refractivity contribution is 6.43. The Bertz CT molecular complexity index is 1020. The predicted octanol–water partition coefficient (Wildman–Crippen LogP) is 4.65. The summed E-state index contributed by atoms with van der Waals surface area (Å²) in [6.07, 6.45) is 2.78. The van der Waals surface area contributed by atoms with Gasteiger partial charge in [-0.25, -0.2) is 0 Å². The maximum absolute atomic E-state index is 12.3. The lowest BCUT2D eigenvalue weighted by Gasteiger charge is -2.07. The van der Waals surface area contributed by atoms with Crippen LogP contribution in [0.1, 0.15) is 17.8 Å². The molecule has 2 heterocycles. The van der Waals surface area contributed by atoms with E-state index in [-0.39, 0.29) is 5.56 Å². The molecule has 0 amide bonds. The molecule has 0 spiro atoms. The molecule has 0 saturated heterocycles. The summed E-state index contributed by atoms with van der Waals surface area (Å²) >= 11 is 12.3. The van der Waals surface area contributed by atoms with Crippen LogP contribution in [0.4, 0.5) is 0 Å².